The molecule has 0 aromatic heterocycles. The van der Waals surface area contributed by atoms with Gasteiger partial charge in [-0.1, -0.05) is 0 Å². The summed E-state index contributed by atoms with van der Waals surface area (Å²) in [6.45, 7) is 0.399. The molecule has 1 aromatic carbocycles. The number of carbonyl (C=O) groups is 2. The molecule has 0 bridgehead atoms. The standard InChI is InChI=1S/C16H18F3NO5/c1-9-6-11(24-2)12(25-3)7-10(9)13(21)20-5-4-15(8-20,14(22)23)16(17,18)19/h6-7H,4-5,8H2,1-3H3,(H,22,23). The predicted octanol–water partition coefficient (Wildman–Crippen LogP) is 2.49. The van der Waals surface area contributed by atoms with Gasteiger partial charge in [0.15, 0.2) is 16.9 Å². The molecule has 2 rings (SSSR count). The van der Waals surface area contributed by atoms with Crippen LogP contribution in [0.15, 0.2) is 12.1 Å². The number of hydrogen-bond donors (Lipinski definition) is 1. The summed E-state index contributed by atoms with van der Waals surface area (Å²) in [5.41, 5.74) is -2.31. The Hall–Kier alpha value is -2.45. The van der Waals surface area contributed by atoms with Gasteiger partial charge in [-0.3, -0.25) is 9.59 Å². The molecule has 0 spiro atoms. The number of amides is 1. The lowest BCUT2D eigenvalue weighted by atomic mass is 9.86. The molecule has 1 N–H and O–H groups in total. The molecule has 1 amide bonds. The normalized spacial score (nSPS) is 20.5. The molecule has 1 atom stereocenters. The van der Waals surface area contributed by atoms with Crippen molar-refractivity contribution in [3.8, 4) is 11.5 Å². The SMILES string of the molecule is COc1cc(C)c(C(=O)N2CCC(C(=O)O)(C(F)(F)F)C2)cc1OC. The Morgan fingerprint density at radius 2 is 1.76 bits per heavy atom. The average Bonchev–Trinajstić information content (AvgIpc) is 3.00. The molecular formula is C16H18F3NO5. The van der Waals surface area contributed by atoms with Crippen LogP contribution in [0.1, 0.15) is 22.3 Å². The van der Waals surface area contributed by atoms with Crippen molar-refractivity contribution in [3.05, 3.63) is 23.3 Å². The molecule has 0 aliphatic carbocycles. The highest BCUT2D eigenvalue weighted by molar-refractivity contribution is 5.97. The number of rotatable bonds is 4. The van der Waals surface area contributed by atoms with Gasteiger partial charge in [0.1, 0.15) is 0 Å². The van der Waals surface area contributed by atoms with Crippen LogP contribution >= 0.6 is 0 Å². The van der Waals surface area contributed by atoms with Crippen LogP contribution in [-0.4, -0.2) is 55.4 Å². The first kappa shape index (κ1) is 18.9. The zero-order valence-corrected chi connectivity index (χ0v) is 13.9. The maximum absolute atomic E-state index is 13.2. The van der Waals surface area contributed by atoms with Crippen LogP contribution in [0.2, 0.25) is 0 Å². The maximum atomic E-state index is 13.2. The third kappa shape index (κ3) is 3.10. The molecule has 1 heterocycles. The fourth-order valence-electron chi connectivity index (χ4n) is 2.89. The largest absolute Gasteiger partial charge is 0.493 e. The Bertz CT molecular complexity index is 704. The summed E-state index contributed by atoms with van der Waals surface area (Å²) >= 11 is 0. The summed E-state index contributed by atoms with van der Waals surface area (Å²) < 4.78 is 50.0. The second kappa shape index (κ2) is 6.45. The van der Waals surface area contributed by atoms with E-state index in [1.807, 2.05) is 0 Å². The van der Waals surface area contributed by atoms with E-state index in [0.29, 0.717) is 11.3 Å². The first-order valence-electron chi connectivity index (χ1n) is 7.39. The second-order valence-corrected chi connectivity index (χ2v) is 5.88. The van der Waals surface area contributed by atoms with Gasteiger partial charge in [0.2, 0.25) is 0 Å². The quantitative estimate of drug-likeness (QED) is 0.892. The number of halogens is 3. The number of ether oxygens (including phenoxy) is 2. The number of carbonyl (C=O) groups excluding carboxylic acids is 1. The van der Waals surface area contributed by atoms with Crippen LogP contribution in [0.5, 0.6) is 11.5 Å². The number of carboxylic acids is 1. The summed E-state index contributed by atoms with van der Waals surface area (Å²) in [7, 11) is 2.79. The Morgan fingerprint density at radius 3 is 2.20 bits per heavy atom. The monoisotopic (exact) mass is 361 g/mol. The van der Waals surface area contributed by atoms with E-state index in [1.165, 1.54) is 26.4 Å². The first-order valence-corrected chi connectivity index (χ1v) is 7.39. The fourth-order valence-corrected chi connectivity index (χ4v) is 2.89. The number of aryl methyl sites for hydroxylation is 1. The van der Waals surface area contributed by atoms with E-state index in [2.05, 4.69) is 0 Å². The molecule has 25 heavy (non-hydrogen) atoms. The zero-order chi connectivity index (χ0) is 19.0. The molecule has 6 nitrogen and oxygen atoms in total. The lowest BCUT2D eigenvalue weighted by Crippen LogP contribution is -2.47. The Balaban J connectivity index is 2.36. The van der Waals surface area contributed by atoms with Gasteiger partial charge in [0, 0.05) is 18.7 Å². The number of carboxylic acid groups (broad SMARTS) is 1. The maximum Gasteiger partial charge on any atom is 0.406 e. The minimum Gasteiger partial charge on any atom is -0.493 e. The van der Waals surface area contributed by atoms with Gasteiger partial charge in [0.05, 0.1) is 14.2 Å². The van der Waals surface area contributed by atoms with E-state index in [9.17, 15) is 22.8 Å². The smallest absolute Gasteiger partial charge is 0.406 e. The highest BCUT2D eigenvalue weighted by Gasteiger charge is 2.64. The van der Waals surface area contributed by atoms with Gasteiger partial charge in [0.25, 0.3) is 5.91 Å². The highest BCUT2D eigenvalue weighted by Crippen LogP contribution is 2.46. The number of methoxy groups -OCH3 is 2. The van der Waals surface area contributed by atoms with Gasteiger partial charge in [-0.2, -0.15) is 13.2 Å². The van der Waals surface area contributed by atoms with Gasteiger partial charge >= 0.3 is 12.1 Å². The predicted molar refractivity (Wildman–Crippen MR) is 80.9 cm³/mol. The number of nitrogens with zero attached hydrogens (tertiary/aromatic N) is 1. The van der Waals surface area contributed by atoms with E-state index in [4.69, 9.17) is 14.6 Å². The van der Waals surface area contributed by atoms with E-state index < -0.39 is 36.4 Å². The molecule has 1 saturated heterocycles. The summed E-state index contributed by atoms with van der Waals surface area (Å²) in [5.74, 6) is -2.01. The van der Waals surface area contributed by atoms with E-state index in [-0.39, 0.29) is 17.9 Å². The van der Waals surface area contributed by atoms with Crippen molar-refractivity contribution >= 4 is 11.9 Å². The van der Waals surface area contributed by atoms with Crippen LogP contribution in [-0.2, 0) is 4.79 Å². The molecule has 1 aliphatic heterocycles. The van der Waals surface area contributed by atoms with Crippen LogP contribution in [0.3, 0.4) is 0 Å². The number of aliphatic carboxylic acids is 1. The first-order chi connectivity index (χ1) is 11.6. The fraction of sp³-hybridized carbons (Fsp3) is 0.500. The molecule has 1 aliphatic rings. The van der Waals surface area contributed by atoms with Crippen LogP contribution in [0.4, 0.5) is 13.2 Å². The molecule has 0 radical (unpaired) electrons. The molecule has 138 valence electrons. The number of benzene rings is 1. The Kier molecular flexibility index (Phi) is 4.87. The van der Waals surface area contributed by atoms with Gasteiger partial charge in [-0.05, 0) is 31.0 Å². The molecule has 0 saturated carbocycles. The minimum absolute atomic E-state index is 0.140. The number of alkyl halides is 3. The van der Waals surface area contributed by atoms with Crippen LogP contribution < -0.4 is 9.47 Å². The van der Waals surface area contributed by atoms with Crippen molar-refractivity contribution in [2.75, 3.05) is 27.3 Å². The highest BCUT2D eigenvalue weighted by atomic mass is 19.4. The van der Waals surface area contributed by atoms with Crippen LogP contribution in [0.25, 0.3) is 0 Å². The van der Waals surface area contributed by atoms with Crippen molar-refractivity contribution in [1.29, 1.82) is 0 Å². The van der Waals surface area contributed by atoms with Crippen LogP contribution in [0, 0.1) is 12.3 Å². The Labute approximate surface area is 142 Å². The summed E-state index contributed by atoms with van der Waals surface area (Å²) in [6.07, 6.45) is -5.62. The van der Waals surface area contributed by atoms with Gasteiger partial charge in [-0.25, -0.2) is 0 Å². The molecule has 9 heteroatoms. The molecule has 1 aromatic rings. The van der Waals surface area contributed by atoms with Crippen molar-refractivity contribution < 1.29 is 37.3 Å². The van der Waals surface area contributed by atoms with Crippen molar-refractivity contribution in [3.63, 3.8) is 0 Å². The summed E-state index contributed by atoms with van der Waals surface area (Å²) in [6, 6.07) is 2.92. The van der Waals surface area contributed by atoms with Gasteiger partial charge < -0.3 is 19.5 Å². The zero-order valence-electron chi connectivity index (χ0n) is 13.9. The Morgan fingerprint density at radius 1 is 1.20 bits per heavy atom. The number of likely N-dealkylation sites (tertiary alicyclic amines) is 1. The second-order valence-electron chi connectivity index (χ2n) is 5.88. The van der Waals surface area contributed by atoms with E-state index in [1.54, 1.807) is 6.92 Å². The number of hydrogen-bond acceptors (Lipinski definition) is 4. The van der Waals surface area contributed by atoms with Crippen molar-refractivity contribution in [1.82, 2.24) is 4.90 Å². The topological polar surface area (TPSA) is 76.1 Å². The third-order valence-corrected chi connectivity index (χ3v) is 4.47. The summed E-state index contributed by atoms with van der Waals surface area (Å²) in [5, 5.41) is 9.08. The van der Waals surface area contributed by atoms with Crippen molar-refractivity contribution in [2.24, 2.45) is 5.41 Å². The molecular weight excluding hydrogens is 343 g/mol. The third-order valence-electron chi connectivity index (χ3n) is 4.47. The molecule has 1 unspecified atom stereocenters. The van der Waals surface area contributed by atoms with Gasteiger partial charge in [-0.15, -0.1) is 0 Å². The average molecular weight is 361 g/mol. The minimum atomic E-state index is -4.94. The van der Waals surface area contributed by atoms with E-state index in [0.717, 1.165) is 4.90 Å². The van der Waals surface area contributed by atoms with E-state index >= 15 is 0 Å². The molecule has 1 fully saturated rings. The lowest BCUT2D eigenvalue weighted by Gasteiger charge is -2.27. The summed E-state index contributed by atoms with van der Waals surface area (Å²) in [4.78, 5) is 24.8. The lowest BCUT2D eigenvalue weighted by molar-refractivity contribution is -0.227. The van der Waals surface area contributed by atoms with Crippen molar-refractivity contribution in [2.45, 2.75) is 19.5 Å².